The van der Waals surface area contributed by atoms with Gasteiger partial charge in [0.1, 0.15) is 5.75 Å². The fraction of sp³-hybridized carbons (Fsp3) is 0.486. The predicted octanol–water partition coefficient (Wildman–Crippen LogP) is 8.22. The van der Waals surface area contributed by atoms with E-state index >= 15 is 0 Å². The van der Waals surface area contributed by atoms with E-state index in [9.17, 15) is 18.0 Å². The lowest BCUT2D eigenvalue weighted by atomic mass is 10.00. The van der Waals surface area contributed by atoms with Gasteiger partial charge < -0.3 is 9.33 Å². The lowest BCUT2D eigenvalue weighted by Gasteiger charge is -2.42. The molecule has 12 heteroatoms. The van der Waals surface area contributed by atoms with Crippen LogP contribution >= 0.6 is 23.2 Å². The Kier molecular flexibility index (Phi) is 10.7. The topological polar surface area (TPSA) is 48.9 Å². The van der Waals surface area contributed by atoms with E-state index in [0.717, 1.165) is 56.0 Å². The Morgan fingerprint density at radius 1 is 1.00 bits per heavy atom. The summed E-state index contributed by atoms with van der Waals surface area (Å²) in [6.45, 7) is 15.8. The maximum Gasteiger partial charge on any atom is 0.416 e. The predicted molar refractivity (Wildman–Crippen MR) is 184 cm³/mol. The first-order chi connectivity index (χ1) is 22.0. The van der Waals surface area contributed by atoms with E-state index in [1.54, 1.807) is 4.90 Å². The van der Waals surface area contributed by atoms with E-state index in [1.165, 1.54) is 11.6 Å². The zero-order chi connectivity index (χ0) is 34.1. The van der Waals surface area contributed by atoms with Gasteiger partial charge in [0, 0.05) is 80.8 Å². The lowest BCUT2D eigenvalue weighted by Crippen LogP contribution is -2.57. The molecular weight excluding hydrogens is 664 g/mol. The number of nitrogens with zero attached hydrogens (tertiary/aromatic N) is 4. The molecule has 1 aromatic heterocycles. The summed E-state index contributed by atoms with van der Waals surface area (Å²) in [6.07, 6.45) is -1.38. The lowest BCUT2D eigenvalue weighted by molar-refractivity contribution is -0.137. The summed E-state index contributed by atoms with van der Waals surface area (Å²) in [5.41, 5.74) is 2.35. The van der Waals surface area contributed by atoms with Gasteiger partial charge in [0.05, 0.1) is 10.6 Å². The molecule has 47 heavy (non-hydrogen) atoms. The molecule has 6 nitrogen and oxygen atoms in total. The van der Waals surface area contributed by atoms with Gasteiger partial charge in [-0.2, -0.15) is 13.2 Å². The molecule has 0 unspecified atom stereocenters. The Morgan fingerprint density at radius 2 is 1.74 bits per heavy atom. The average Bonchev–Trinajstić information content (AvgIpc) is 3.00. The first-order valence-corrected chi connectivity index (χ1v) is 19.7. The molecule has 2 aliphatic rings. The van der Waals surface area contributed by atoms with E-state index in [-0.39, 0.29) is 21.7 Å². The molecule has 3 heterocycles. The third-order valence-corrected chi connectivity index (χ3v) is 14.6. The van der Waals surface area contributed by atoms with E-state index < -0.39 is 26.0 Å². The highest BCUT2D eigenvalue weighted by molar-refractivity contribution is 6.74. The van der Waals surface area contributed by atoms with Crippen LogP contribution in [0.15, 0.2) is 54.7 Å². The van der Waals surface area contributed by atoms with Crippen LogP contribution in [0.4, 0.5) is 13.2 Å². The number of piperazine rings is 1. The van der Waals surface area contributed by atoms with Crippen molar-refractivity contribution in [3.8, 4) is 5.75 Å². The van der Waals surface area contributed by atoms with Crippen molar-refractivity contribution in [1.29, 1.82) is 0 Å². The van der Waals surface area contributed by atoms with Crippen LogP contribution in [0.5, 0.6) is 5.75 Å². The van der Waals surface area contributed by atoms with Crippen LogP contribution in [-0.4, -0.2) is 79.2 Å². The summed E-state index contributed by atoms with van der Waals surface area (Å²) in [4.78, 5) is 24.9. The number of carbonyl (C=O) groups is 1. The number of halogens is 5. The van der Waals surface area contributed by atoms with Crippen molar-refractivity contribution in [1.82, 2.24) is 19.7 Å². The number of aromatic nitrogens is 1. The van der Waals surface area contributed by atoms with Crippen molar-refractivity contribution in [2.75, 3.05) is 39.3 Å². The van der Waals surface area contributed by atoms with Crippen molar-refractivity contribution in [3.05, 3.63) is 92.7 Å². The van der Waals surface area contributed by atoms with Gasteiger partial charge in [-0.15, -0.1) is 0 Å². The molecule has 1 fully saturated rings. The second-order valence-electron chi connectivity index (χ2n) is 14.1. The number of carbonyl (C=O) groups excluding carboxylic acids is 1. The molecule has 5 rings (SSSR count). The monoisotopic (exact) mass is 706 g/mol. The first kappa shape index (κ1) is 35.7. The number of hydrogen-bond acceptors (Lipinski definition) is 5. The van der Waals surface area contributed by atoms with Gasteiger partial charge in [0.2, 0.25) is 0 Å². The number of pyridine rings is 1. The SMILES string of the molecule is CC(C)(C)[Si](C)(C)Oc1cc(C[C@@H]2CN(CCN3CCc4ncccc4C3)CCN2C(=O)c2cc(Cl)cc(C(F)(F)F)c2)ccc1Cl. The van der Waals surface area contributed by atoms with E-state index in [4.69, 9.17) is 27.6 Å². The molecule has 1 saturated heterocycles. The molecule has 0 bridgehead atoms. The maximum atomic E-state index is 13.9. The van der Waals surface area contributed by atoms with Gasteiger partial charge in [-0.3, -0.25) is 19.6 Å². The highest BCUT2D eigenvalue weighted by Crippen LogP contribution is 2.40. The van der Waals surface area contributed by atoms with Crippen molar-refractivity contribution in [2.45, 2.75) is 70.5 Å². The Bertz CT molecular complexity index is 1600. The second-order valence-corrected chi connectivity index (χ2v) is 19.7. The molecular formula is C35H43Cl2F3N4O2Si. The smallest absolute Gasteiger partial charge is 0.416 e. The van der Waals surface area contributed by atoms with Crippen LogP contribution in [0.25, 0.3) is 0 Å². The zero-order valence-corrected chi connectivity index (χ0v) is 30.1. The summed E-state index contributed by atoms with van der Waals surface area (Å²) in [5, 5.41) is 0.369. The fourth-order valence-corrected chi connectivity index (χ4v) is 7.44. The molecule has 254 valence electrons. The van der Waals surface area contributed by atoms with Gasteiger partial charge in [-0.05, 0) is 72.1 Å². The first-order valence-electron chi connectivity index (χ1n) is 16.0. The highest BCUT2D eigenvalue weighted by Gasteiger charge is 2.40. The molecule has 0 aliphatic carbocycles. The third kappa shape index (κ3) is 8.70. The van der Waals surface area contributed by atoms with Crippen LogP contribution in [0.2, 0.25) is 28.2 Å². The van der Waals surface area contributed by atoms with Gasteiger partial charge >= 0.3 is 6.18 Å². The minimum Gasteiger partial charge on any atom is -0.543 e. The fourth-order valence-electron chi connectivity index (χ4n) is 5.96. The van der Waals surface area contributed by atoms with E-state index in [1.807, 2.05) is 30.5 Å². The standard InChI is InChI=1S/C35H43Cl2F3N4O2Si/c1-34(2,3)47(4,5)46-32-18-24(8-9-30(32)37)17-29-23-43(14-13-42-12-10-31-25(22-42)7-6-11-41-31)15-16-44(29)33(45)26-19-27(35(38,39)40)21-28(36)20-26/h6-9,11,18-21,29H,10,12-17,22-23H2,1-5H3/t29-/m1/s1. The third-order valence-electron chi connectivity index (χ3n) is 9.71. The summed E-state index contributed by atoms with van der Waals surface area (Å²) in [6, 6.07) is 12.6. The number of amides is 1. The minimum atomic E-state index is -4.62. The average molecular weight is 708 g/mol. The number of alkyl halides is 3. The largest absolute Gasteiger partial charge is 0.543 e. The molecule has 1 atom stereocenters. The molecule has 0 saturated carbocycles. The quantitative estimate of drug-likeness (QED) is 0.221. The Morgan fingerprint density at radius 3 is 2.47 bits per heavy atom. The van der Waals surface area contributed by atoms with Gasteiger partial charge in [-0.1, -0.05) is 56.1 Å². The Balaban J connectivity index is 1.37. The molecule has 0 N–H and O–H groups in total. The molecule has 0 radical (unpaired) electrons. The molecule has 0 spiro atoms. The summed E-state index contributed by atoms with van der Waals surface area (Å²) in [5.74, 6) is 0.153. The molecule has 2 aromatic carbocycles. The Labute approximate surface area is 286 Å². The number of hydrogen-bond donors (Lipinski definition) is 0. The number of fused-ring (bicyclic) bond motifs is 1. The summed E-state index contributed by atoms with van der Waals surface area (Å²) < 4.78 is 47.5. The van der Waals surface area contributed by atoms with Gasteiger partial charge in [-0.25, -0.2) is 0 Å². The molecule has 2 aliphatic heterocycles. The van der Waals surface area contributed by atoms with Gasteiger partial charge in [0.25, 0.3) is 14.2 Å². The van der Waals surface area contributed by atoms with Crippen LogP contribution in [0.3, 0.4) is 0 Å². The van der Waals surface area contributed by atoms with Crippen LogP contribution in [-0.2, 0) is 25.6 Å². The number of benzene rings is 2. The van der Waals surface area contributed by atoms with E-state index in [2.05, 4.69) is 54.7 Å². The molecule has 3 aromatic rings. The summed E-state index contributed by atoms with van der Waals surface area (Å²) >= 11 is 12.7. The zero-order valence-electron chi connectivity index (χ0n) is 27.6. The van der Waals surface area contributed by atoms with Crippen LogP contribution in [0.1, 0.15) is 53.5 Å². The Hall–Kier alpha value is -2.63. The van der Waals surface area contributed by atoms with Crippen molar-refractivity contribution in [3.63, 3.8) is 0 Å². The highest BCUT2D eigenvalue weighted by atomic mass is 35.5. The van der Waals surface area contributed by atoms with Crippen molar-refractivity contribution < 1.29 is 22.4 Å². The van der Waals surface area contributed by atoms with Crippen LogP contribution in [0, 0.1) is 0 Å². The maximum absolute atomic E-state index is 13.9. The second kappa shape index (κ2) is 14.1. The normalized spacial score (nSPS) is 18.3. The van der Waals surface area contributed by atoms with E-state index in [0.29, 0.717) is 36.8 Å². The molecule has 1 amide bonds. The van der Waals surface area contributed by atoms with Crippen molar-refractivity contribution >= 4 is 37.4 Å². The van der Waals surface area contributed by atoms with Crippen LogP contribution < -0.4 is 4.43 Å². The van der Waals surface area contributed by atoms with Gasteiger partial charge in [0.15, 0.2) is 0 Å². The summed E-state index contributed by atoms with van der Waals surface area (Å²) in [7, 11) is -2.18. The van der Waals surface area contributed by atoms with Crippen molar-refractivity contribution in [2.24, 2.45) is 0 Å². The number of rotatable bonds is 8. The minimum absolute atomic E-state index is 0.0292.